The van der Waals surface area contributed by atoms with Crippen LogP contribution in [0.1, 0.15) is 0 Å². The Kier molecular flexibility index (Phi) is 6.49. The van der Waals surface area contributed by atoms with Gasteiger partial charge in [0.1, 0.15) is 11.5 Å². The largest absolute Gasteiger partial charge is 0.519 e. The summed E-state index contributed by atoms with van der Waals surface area (Å²) in [5.74, 6) is 0.167. The summed E-state index contributed by atoms with van der Waals surface area (Å²) < 4.78 is 60.7. The van der Waals surface area contributed by atoms with Crippen molar-refractivity contribution in [2.75, 3.05) is 0 Å². The third-order valence-corrected chi connectivity index (χ3v) is 8.35. The molecule has 4 aromatic carbocycles. The third-order valence-electron chi connectivity index (χ3n) is 4.78. The van der Waals surface area contributed by atoms with Crippen LogP contribution in [-0.4, -0.2) is 23.0 Å². The number of rotatable bonds is 6. The molecule has 34 heavy (non-hydrogen) atoms. The van der Waals surface area contributed by atoms with Gasteiger partial charge in [-0.25, -0.2) is 21.6 Å². The van der Waals surface area contributed by atoms with Gasteiger partial charge in [-0.3, -0.25) is 0 Å². The fourth-order valence-electron chi connectivity index (χ4n) is 3.06. The number of carbonyl (C=O) groups is 1. The maximum Gasteiger partial charge on any atom is 0.519 e. The molecule has 4 aromatic rings. The minimum Gasteiger partial charge on any atom is -0.395 e. The molecular weight excluding hydrogens is 476 g/mol. The predicted octanol–water partition coefficient (Wildman–Crippen LogP) is 4.93. The minimum atomic E-state index is -3.69. The third kappa shape index (κ3) is 5.00. The van der Waals surface area contributed by atoms with E-state index in [1.165, 1.54) is 72.8 Å². The van der Waals surface area contributed by atoms with E-state index in [1.807, 2.05) is 0 Å². The maximum absolute atomic E-state index is 12.6. The SMILES string of the molecule is O=C(Oc1ccc(S(=O)(=O)c2ccccc2)cc1)Oc1ccc(S(=O)(=O)c2ccccc2)cc1. The van der Waals surface area contributed by atoms with Gasteiger partial charge in [-0.2, -0.15) is 0 Å². The number of ether oxygens (including phenoxy) is 2. The average Bonchev–Trinajstić information content (AvgIpc) is 2.86. The van der Waals surface area contributed by atoms with E-state index in [4.69, 9.17) is 9.47 Å². The van der Waals surface area contributed by atoms with Crippen LogP contribution in [0.25, 0.3) is 0 Å². The minimum absolute atomic E-state index is 0.0506. The lowest BCUT2D eigenvalue weighted by molar-refractivity contribution is 0.152. The fourth-order valence-corrected chi connectivity index (χ4v) is 5.62. The van der Waals surface area contributed by atoms with Crippen LogP contribution in [0.4, 0.5) is 4.79 Å². The second-order valence-corrected chi connectivity index (χ2v) is 10.9. The topological polar surface area (TPSA) is 104 Å². The van der Waals surface area contributed by atoms with Gasteiger partial charge in [0.25, 0.3) is 0 Å². The summed E-state index contributed by atoms with van der Waals surface area (Å²) in [6.45, 7) is 0. The number of sulfone groups is 2. The van der Waals surface area contributed by atoms with Crippen LogP contribution < -0.4 is 9.47 Å². The highest BCUT2D eigenvalue weighted by atomic mass is 32.2. The number of benzene rings is 4. The first-order chi connectivity index (χ1) is 16.3. The molecule has 0 aliphatic rings. The Bertz CT molecular complexity index is 1380. The zero-order chi connectivity index (χ0) is 24.2. The van der Waals surface area contributed by atoms with Gasteiger partial charge in [0.15, 0.2) is 0 Å². The molecule has 0 heterocycles. The zero-order valence-electron chi connectivity index (χ0n) is 17.6. The van der Waals surface area contributed by atoms with Crippen molar-refractivity contribution in [3.63, 3.8) is 0 Å². The van der Waals surface area contributed by atoms with E-state index in [9.17, 15) is 21.6 Å². The van der Waals surface area contributed by atoms with E-state index < -0.39 is 25.8 Å². The highest BCUT2D eigenvalue weighted by molar-refractivity contribution is 7.91. The molecule has 0 aliphatic heterocycles. The first-order valence-electron chi connectivity index (χ1n) is 9.97. The summed E-state index contributed by atoms with van der Waals surface area (Å²) in [6.07, 6.45) is -1.06. The standard InChI is InChI=1S/C25H18O7S2/c26-25(31-19-11-15-23(16-12-19)33(27,28)21-7-3-1-4-8-21)32-20-13-17-24(18-14-20)34(29,30)22-9-5-2-6-10-22/h1-18H. The molecule has 0 bridgehead atoms. The summed E-state index contributed by atoms with van der Waals surface area (Å²) in [7, 11) is -7.38. The quantitative estimate of drug-likeness (QED) is 0.276. The van der Waals surface area contributed by atoms with E-state index >= 15 is 0 Å². The van der Waals surface area contributed by atoms with E-state index in [0.717, 1.165) is 0 Å². The average molecular weight is 495 g/mol. The molecule has 0 N–H and O–H groups in total. The highest BCUT2D eigenvalue weighted by Crippen LogP contribution is 2.25. The molecule has 0 radical (unpaired) electrons. The van der Waals surface area contributed by atoms with Gasteiger partial charge >= 0.3 is 6.16 Å². The van der Waals surface area contributed by atoms with Crippen molar-refractivity contribution < 1.29 is 31.1 Å². The summed E-state index contributed by atoms with van der Waals surface area (Å²) in [4.78, 5) is 12.5. The van der Waals surface area contributed by atoms with Crippen molar-refractivity contribution in [2.24, 2.45) is 0 Å². The molecule has 0 aromatic heterocycles. The van der Waals surface area contributed by atoms with Crippen LogP contribution in [0.2, 0.25) is 0 Å². The smallest absolute Gasteiger partial charge is 0.395 e. The summed E-state index contributed by atoms with van der Waals surface area (Å²) in [5.41, 5.74) is 0. The first-order valence-corrected chi connectivity index (χ1v) is 12.9. The Labute approximate surface area is 197 Å². The Hall–Kier alpha value is -3.95. The van der Waals surface area contributed by atoms with Crippen LogP contribution in [0.5, 0.6) is 11.5 Å². The molecule has 172 valence electrons. The molecule has 0 atom stereocenters. The van der Waals surface area contributed by atoms with Crippen LogP contribution in [0.15, 0.2) is 129 Å². The molecule has 9 heteroatoms. The molecular formula is C25H18O7S2. The number of carbonyl (C=O) groups excluding carboxylic acids is 1. The van der Waals surface area contributed by atoms with Gasteiger partial charge in [-0.05, 0) is 72.8 Å². The van der Waals surface area contributed by atoms with Crippen molar-refractivity contribution in [1.29, 1.82) is 0 Å². The first kappa shape index (κ1) is 23.2. The zero-order valence-corrected chi connectivity index (χ0v) is 19.2. The molecule has 0 unspecified atom stereocenters. The number of hydrogen-bond donors (Lipinski definition) is 0. The lowest BCUT2D eigenvalue weighted by atomic mass is 10.3. The van der Waals surface area contributed by atoms with Gasteiger partial charge in [-0.1, -0.05) is 36.4 Å². The lowest BCUT2D eigenvalue weighted by Crippen LogP contribution is -2.14. The van der Waals surface area contributed by atoms with Crippen molar-refractivity contribution in [2.45, 2.75) is 19.6 Å². The summed E-state index contributed by atoms with van der Waals surface area (Å²) in [5, 5.41) is 0. The molecule has 0 aliphatic carbocycles. The Morgan fingerprint density at radius 3 is 1.06 bits per heavy atom. The maximum atomic E-state index is 12.6. The second-order valence-electron chi connectivity index (χ2n) is 7.03. The van der Waals surface area contributed by atoms with E-state index in [0.29, 0.717) is 0 Å². The van der Waals surface area contributed by atoms with Crippen molar-refractivity contribution in [3.05, 3.63) is 109 Å². The van der Waals surface area contributed by atoms with E-state index in [-0.39, 0.29) is 31.1 Å². The Morgan fingerprint density at radius 1 is 0.441 bits per heavy atom. The summed E-state index contributed by atoms with van der Waals surface area (Å²) >= 11 is 0. The van der Waals surface area contributed by atoms with Crippen LogP contribution in [0, 0.1) is 0 Å². The molecule has 0 spiro atoms. The predicted molar refractivity (Wildman–Crippen MR) is 123 cm³/mol. The van der Waals surface area contributed by atoms with E-state index in [1.54, 1.807) is 36.4 Å². The normalized spacial score (nSPS) is 11.5. The van der Waals surface area contributed by atoms with Crippen LogP contribution in [-0.2, 0) is 19.7 Å². The van der Waals surface area contributed by atoms with Crippen molar-refractivity contribution in [1.82, 2.24) is 0 Å². The van der Waals surface area contributed by atoms with Crippen LogP contribution >= 0.6 is 0 Å². The van der Waals surface area contributed by atoms with Gasteiger partial charge in [0.05, 0.1) is 19.6 Å². The molecule has 7 nitrogen and oxygen atoms in total. The van der Waals surface area contributed by atoms with Crippen molar-refractivity contribution in [3.8, 4) is 11.5 Å². The molecule has 0 fully saturated rings. The molecule has 4 rings (SSSR count). The molecule has 0 saturated carbocycles. The molecule has 0 amide bonds. The van der Waals surface area contributed by atoms with Crippen molar-refractivity contribution >= 4 is 25.8 Å². The summed E-state index contributed by atoms with van der Waals surface area (Å²) in [6, 6.07) is 26.6. The number of hydrogen-bond acceptors (Lipinski definition) is 7. The van der Waals surface area contributed by atoms with Crippen LogP contribution in [0.3, 0.4) is 0 Å². The van der Waals surface area contributed by atoms with Gasteiger partial charge in [0, 0.05) is 0 Å². The lowest BCUT2D eigenvalue weighted by Gasteiger charge is -2.08. The highest BCUT2D eigenvalue weighted by Gasteiger charge is 2.19. The van der Waals surface area contributed by atoms with Gasteiger partial charge in [-0.15, -0.1) is 0 Å². The fraction of sp³-hybridized carbons (Fsp3) is 0. The van der Waals surface area contributed by atoms with E-state index in [2.05, 4.69) is 0 Å². The van der Waals surface area contributed by atoms with Gasteiger partial charge < -0.3 is 9.47 Å². The monoisotopic (exact) mass is 494 g/mol. The Morgan fingerprint density at radius 2 is 0.735 bits per heavy atom. The molecule has 0 saturated heterocycles. The van der Waals surface area contributed by atoms with Gasteiger partial charge in [0.2, 0.25) is 19.7 Å². The Balaban J connectivity index is 1.41. The second kappa shape index (κ2) is 9.50.